The molecule has 0 aliphatic heterocycles. The topological polar surface area (TPSA) is 62.7 Å². The smallest absolute Gasteiger partial charge is 0.258 e. The maximum Gasteiger partial charge on any atom is 0.258 e. The molecule has 0 aliphatic carbocycles. The Labute approximate surface area is 133 Å². The summed E-state index contributed by atoms with van der Waals surface area (Å²) in [6.45, 7) is 12.0. The van der Waals surface area contributed by atoms with Crippen molar-refractivity contribution in [3.63, 3.8) is 0 Å². The number of nitrogens with zero attached hydrogens (tertiary/aromatic N) is 1. The van der Waals surface area contributed by atoms with Gasteiger partial charge in [0.15, 0.2) is 5.96 Å². The van der Waals surface area contributed by atoms with Gasteiger partial charge in [-0.05, 0) is 59.7 Å². The van der Waals surface area contributed by atoms with E-state index in [-0.39, 0.29) is 17.0 Å². The number of ether oxygens (including phenoxy) is 1. The summed E-state index contributed by atoms with van der Waals surface area (Å²) in [5.41, 5.74) is 0.0257. The van der Waals surface area contributed by atoms with E-state index < -0.39 is 0 Å². The zero-order valence-electron chi connectivity index (χ0n) is 14.6. The summed E-state index contributed by atoms with van der Waals surface area (Å²) in [7, 11) is 1.57. The Kier molecular flexibility index (Phi) is 5.58. The number of guanidine groups is 1. The van der Waals surface area contributed by atoms with Gasteiger partial charge in [0.1, 0.15) is 5.75 Å². The van der Waals surface area contributed by atoms with E-state index in [0.717, 1.165) is 0 Å². The molecule has 1 rings (SSSR count). The van der Waals surface area contributed by atoms with Crippen molar-refractivity contribution < 1.29 is 9.53 Å². The third-order valence-corrected chi connectivity index (χ3v) is 2.50. The predicted molar refractivity (Wildman–Crippen MR) is 90.5 cm³/mol. The van der Waals surface area contributed by atoms with Gasteiger partial charge in [-0.15, -0.1) is 0 Å². The van der Waals surface area contributed by atoms with Crippen LogP contribution in [0.3, 0.4) is 0 Å². The summed E-state index contributed by atoms with van der Waals surface area (Å²) in [6.07, 6.45) is 0. The monoisotopic (exact) mass is 305 g/mol. The fourth-order valence-corrected chi connectivity index (χ4v) is 1.72. The summed E-state index contributed by atoms with van der Waals surface area (Å²) in [5, 5.41) is 6.07. The lowest BCUT2D eigenvalue weighted by Crippen LogP contribution is -2.50. The molecule has 0 aromatic heterocycles. The fourth-order valence-electron chi connectivity index (χ4n) is 1.72. The number of nitrogens with one attached hydrogen (secondary N) is 2. The van der Waals surface area contributed by atoms with Crippen LogP contribution in [0.15, 0.2) is 29.3 Å². The number of hydrogen-bond acceptors (Lipinski definition) is 3. The number of hydrogen-bond donors (Lipinski definition) is 2. The van der Waals surface area contributed by atoms with E-state index >= 15 is 0 Å². The molecule has 22 heavy (non-hydrogen) atoms. The number of carbonyl (C=O) groups excluding carboxylic acids is 1. The van der Waals surface area contributed by atoms with Gasteiger partial charge >= 0.3 is 0 Å². The molecule has 2 N–H and O–H groups in total. The van der Waals surface area contributed by atoms with Gasteiger partial charge in [0.2, 0.25) is 0 Å². The second-order valence-electron chi connectivity index (χ2n) is 7.19. The first kappa shape index (κ1) is 18.0. The average Bonchev–Trinajstić information content (AvgIpc) is 2.34. The molecule has 0 unspecified atom stereocenters. The standard InChI is InChI=1S/C17H27N3O2/c1-16(2,3)19-15(20-17(4,5)6)18-14(21)12-9-8-10-13(11-12)22-7/h8-11H,1-7H3,(H2,18,19,20,21). The Hall–Kier alpha value is -2.04. The third kappa shape index (κ3) is 6.61. The van der Waals surface area contributed by atoms with Crippen molar-refractivity contribution in [2.75, 3.05) is 7.11 Å². The summed E-state index contributed by atoms with van der Waals surface area (Å²) in [4.78, 5) is 17.0. The molecule has 0 fully saturated rings. The van der Waals surface area contributed by atoms with Crippen LogP contribution in [-0.4, -0.2) is 30.1 Å². The SMILES string of the molecule is COc1cccc(C(=O)NC(=NC(C)(C)C)NC(C)(C)C)c1. The molecule has 0 heterocycles. The number of amides is 1. The van der Waals surface area contributed by atoms with E-state index in [1.54, 1.807) is 31.4 Å². The van der Waals surface area contributed by atoms with E-state index in [2.05, 4.69) is 15.6 Å². The maximum atomic E-state index is 12.4. The van der Waals surface area contributed by atoms with Gasteiger partial charge in [-0.25, -0.2) is 4.99 Å². The zero-order valence-corrected chi connectivity index (χ0v) is 14.6. The molecular weight excluding hydrogens is 278 g/mol. The quantitative estimate of drug-likeness (QED) is 0.652. The van der Waals surface area contributed by atoms with Gasteiger partial charge in [0.25, 0.3) is 5.91 Å². The van der Waals surface area contributed by atoms with Gasteiger partial charge in [-0.3, -0.25) is 10.1 Å². The second-order valence-corrected chi connectivity index (χ2v) is 7.19. The molecule has 0 saturated carbocycles. The second kappa shape index (κ2) is 6.81. The zero-order chi connectivity index (χ0) is 17.0. The summed E-state index contributed by atoms with van der Waals surface area (Å²) in [6, 6.07) is 7.02. The molecule has 1 aromatic carbocycles. The lowest BCUT2D eigenvalue weighted by atomic mass is 10.1. The van der Waals surface area contributed by atoms with E-state index in [4.69, 9.17) is 4.74 Å². The lowest BCUT2D eigenvalue weighted by Gasteiger charge is -2.26. The molecule has 1 aromatic rings. The van der Waals surface area contributed by atoms with Crippen LogP contribution in [-0.2, 0) is 0 Å². The minimum absolute atomic E-state index is 0.203. The molecule has 122 valence electrons. The van der Waals surface area contributed by atoms with Gasteiger partial charge in [0.05, 0.1) is 12.6 Å². The molecule has 0 atom stereocenters. The van der Waals surface area contributed by atoms with Gasteiger partial charge in [-0.1, -0.05) is 6.07 Å². The van der Waals surface area contributed by atoms with Crippen molar-refractivity contribution in [2.24, 2.45) is 4.99 Å². The number of methoxy groups -OCH3 is 1. The molecule has 5 heteroatoms. The Morgan fingerprint density at radius 2 is 1.77 bits per heavy atom. The van der Waals surface area contributed by atoms with Gasteiger partial charge < -0.3 is 10.1 Å². The Morgan fingerprint density at radius 3 is 2.27 bits per heavy atom. The number of rotatable bonds is 2. The van der Waals surface area contributed by atoms with Crippen molar-refractivity contribution in [2.45, 2.75) is 52.6 Å². The molecular formula is C17H27N3O2. The minimum Gasteiger partial charge on any atom is -0.497 e. The molecule has 5 nitrogen and oxygen atoms in total. The van der Waals surface area contributed by atoms with Crippen molar-refractivity contribution in [1.29, 1.82) is 0 Å². The highest BCUT2D eigenvalue weighted by atomic mass is 16.5. The van der Waals surface area contributed by atoms with E-state index in [1.165, 1.54) is 0 Å². The van der Waals surface area contributed by atoms with Crippen LogP contribution in [0.2, 0.25) is 0 Å². The third-order valence-electron chi connectivity index (χ3n) is 2.50. The van der Waals surface area contributed by atoms with Crippen LogP contribution < -0.4 is 15.4 Å². The van der Waals surface area contributed by atoms with Crippen molar-refractivity contribution >= 4 is 11.9 Å². The van der Waals surface area contributed by atoms with Crippen LogP contribution in [0.1, 0.15) is 51.9 Å². The van der Waals surface area contributed by atoms with E-state index in [0.29, 0.717) is 17.3 Å². The maximum absolute atomic E-state index is 12.4. The molecule has 0 aliphatic rings. The van der Waals surface area contributed by atoms with Gasteiger partial charge in [-0.2, -0.15) is 0 Å². The highest BCUT2D eigenvalue weighted by molar-refractivity contribution is 6.06. The number of benzene rings is 1. The minimum atomic E-state index is -0.296. The highest BCUT2D eigenvalue weighted by Crippen LogP contribution is 2.13. The molecule has 0 radical (unpaired) electrons. The fraction of sp³-hybridized carbons (Fsp3) is 0.529. The Morgan fingerprint density at radius 1 is 1.14 bits per heavy atom. The molecule has 0 saturated heterocycles. The molecule has 0 spiro atoms. The number of aliphatic imine (C=N–C) groups is 1. The first-order chi connectivity index (χ1) is 10.00. The largest absolute Gasteiger partial charge is 0.497 e. The first-order valence-electron chi connectivity index (χ1n) is 7.34. The van der Waals surface area contributed by atoms with Crippen LogP contribution in [0.5, 0.6) is 5.75 Å². The van der Waals surface area contributed by atoms with Crippen LogP contribution in [0.4, 0.5) is 0 Å². The Balaban J connectivity index is 2.98. The Bertz CT molecular complexity index is 552. The van der Waals surface area contributed by atoms with Crippen molar-refractivity contribution in [1.82, 2.24) is 10.6 Å². The normalized spacial score (nSPS) is 12.8. The highest BCUT2D eigenvalue weighted by Gasteiger charge is 2.18. The van der Waals surface area contributed by atoms with Crippen molar-refractivity contribution in [3.05, 3.63) is 29.8 Å². The van der Waals surface area contributed by atoms with Gasteiger partial charge in [0, 0.05) is 11.1 Å². The lowest BCUT2D eigenvalue weighted by molar-refractivity contribution is 0.0975. The van der Waals surface area contributed by atoms with Crippen LogP contribution in [0, 0.1) is 0 Å². The van der Waals surface area contributed by atoms with Crippen molar-refractivity contribution in [3.8, 4) is 5.75 Å². The number of carbonyl (C=O) groups is 1. The summed E-state index contributed by atoms with van der Waals surface area (Å²) in [5.74, 6) is 0.886. The van der Waals surface area contributed by atoms with Crippen LogP contribution >= 0.6 is 0 Å². The van der Waals surface area contributed by atoms with E-state index in [1.807, 2.05) is 41.5 Å². The summed E-state index contributed by atoms with van der Waals surface area (Å²) >= 11 is 0. The average molecular weight is 305 g/mol. The molecule has 1 amide bonds. The van der Waals surface area contributed by atoms with Crippen LogP contribution in [0.25, 0.3) is 0 Å². The predicted octanol–water partition coefficient (Wildman–Crippen LogP) is 2.97. The summed E-state index contributed by atoms with van der Waals surface area (Å²) < 4.78 is 5.15. The first-order valence-corrected chi connectivity index (χ1v) is 7.34. The van der Waals surface area contributed by atoms with E-state index in [9.17, 15) is 4.79 Å². The molecule has 0 bridgehead atoms.